The van der Waals surface area contributed by atoms with Gasteiger partial charge in [-0.15, -0.1) is 11.8 Å². The van der Waals surface area contributed by atoms with E-state index < -0.39 is 18.0 Å². The van der Waals surface area contributed by atoms with Crippen molar-refractivity contribution in [3.8, 4) is 0 Å². The summed E-state index contributed by atoms with van der Waals surface area (Å²) in [6.45, 7) is 5.21. The van der Waals surface area contributed by atoms with Crippen LogP contribution in [-0.4, -0.2) is 28.9 Å². The number of anilines is 1. The molecule has 0 aliphatic carbocycles. The molecular weight excluding hydrogens is 364 g/mol. The SMILES string of the molecule is Cc1noc(C)c1CSCC(=O)O[C@H](C)C(=O)Nc1cccc(Cl)c1. The number of aryl methyl sites for hydroxylation is 2. The van der Waals surface area contributed by atoms with Gasteiger partial charge in [0.2, 0.25) is 0 Å². The summed E-state index contributed by atoms with van der Waals surface area (Å²) in [5, 5.41) is 7.03. The van der Waals surface area contributed by atoms with E-state index in [4.69, 9.17) is 20.9 Å². The average Bonchev–Trinajstić information content (AvgIpc) is 2.86. The van der Waals surface area contributed by atoms with Crippen LogP contribution in [0.4, 0.5) is 5.69 Å². The first-order valence-corrected chi connectivity index (χ1v) is 9.15. The molecule has 25 heavy (non-hydrogen) atoms. The Morgan fingerprint density at radius 1 is 1.40 bits per heavy atom. The molecule has 0 bridgehead atoms. The largest absolute Gasteiger partial charge is 0.452 e. The molecule has 1 heterocycles. The van der Waals surface area contributed by atoms with Gasteiger partial charge in [-0.25, -0.2) is 0 Å². The highest BCUT2D eigenvalue weighted by Crippen LogP contribution is 2.20. The Morgan fingerprint density at radius 3 is 2.80 bits per heavy atom. The zero-order valence-electron chi connectivity index (χ0n) is 14.2. The van der Waals surface area contributed by atoms with Crippen LogP contribution in [0.15, 0.2) is 28.8 Å². The molecule has 8 heteroatoms. The van der Waals surface area contributed by atoms with Gasteiger partial charge in [-0.2, -0.15) is 0 Å². The summed E-state index contributed by atoms with van der Waals surface area (Å²) in [6, 6.07) is 6.75. The maximum absolute atomic E-state index is 12.1. The minimum absolute atomic E-state index is 0.138. The second-order valence-corrected chi connectivity index (χ2v) is 6.85. The van der Waals surface area contributed by atoms with Gasteiger partial charge in [0.05, 0.1) is 11.4 Å². The van der Waals surface area contributed by atoms with Crippen LogP contribution in [0.3, 0.4) is 0 Å². The van der Waals surface area contributed by atoms with Crippen molar-refractivity contribution in [1.82, 2.24) is 5.16 Å². The minimum Gasteiger partial charge on any atom is -0.452 e. The lowest BCUT2D eigenvalue weighted by Crippen LogP contribution is -2.30. The molecular formula is C17H19ClN2O4S. The van der Waals surface area contributed by atoms with Crippen molar-refractivity contribution in [1.29, 1.82) is 0 Å². The third kappa shape index (κ3) is 5.79. The summed E-state index contributed by atoms with van der Waals surface area (Å²) >= 11 is 7.25. The van der Waals surface area contributed by atoms with E-state index in [1.807, 2.05) is 13.8 Å². The molecule has 1 aromatic carbocycles. The number of carbonyl (C=O) groups excluding carboxylic acids is 2. The highest BCUT2D eigenvalue weighted by Gasteiger charge is 2.18. The fourth-order valence-corrected chi connectivity index (χ4v) is 3.18. The fourth-order valence-electron chi connectivity index (χ4n) is 2.04. The van der Waals surface area contributed by atoms with Crippen LogP contribution in [0.1, 0.15) is 23.9 Å². The van der Waals surface area contributed by atoms with E-state index in [0.717, 1.165) is 17.0 Å². The van der Waals surface area contributed by atoms with Gasteiger partial charge >= 0.3 is 5.97 Å². The molecule has 0 saturated heterocycles. The molecule has 0 fully saturated rings. The number of halogens is 1. The van der Waals surface area contributed by atoms with Crippen molar-refractivity contribution in [2.24, 2.45) is 0 Å². The number of ether oxygens (including phenoxy) is 1. The van der Waals surface area contributed by atoms with E-state index >= 15 is 0 Å². The Balaban J connectivity index is 1.76. The van der Waals surface area contributed by atoms with Gasteiger partial charge in [0.15, 0.2) is 6.10 Å². The number of nitrogens with zero attached hydrogens (tertiary/aromatic N) is 1. The lowest BCUT2D eigenvalue weighted by atomic mass is 10.2. The Kier molecular flexibility index (Phi) is 6.90. The van der Waals surface area contributed by atoms with Gasteiger partial charge in [-0.1, -0.05) is 22.8 Å². The van der Waals surface area contributed by atoms with Crippen molar-refractivity contribution < 1.29 is 18.8 Å². The van der Waals surface area contributed by atoms with Crippen LogP contribution in [0, 0.1) is 13.8 Å². The zero-order valence-corrected chi connectivity index (χ0v) is 15.7. The van der Waals surface area contributed by atoms with Crippen LogP contribution in [0.2, 0.25) is 5.02 Å². The summed E-state index contributed by atoms with van der Waals surface area (Å²) in [5.41, 5.74) is 2.34. The fraction of sp³-hybridized carbons (Fsp3) is 0.353. The number of benzene rings is 1. The van der Waals surface area contributed by atoms with Gasteiger partial charge < -0.3 is 14.6 Å². The number of carbonyl (C=O) groups is 2. The second-order valence-electron chi connectivity index (χ2n) is 5.43. The van der Waals surface area contributed by atoms with Crippen LogP contribution in [0.5, 0.6) is 0 Å². The third-order valence-corrected chi connectivity index (χ3v) is 4.58. The Labute approximate surface area is 155 Å². The second kappa shape index (κ2) is 8.92. The van der Waals surface area contributed by atoms with Crippen molar-refractivity contribution in [2.45, 2.75) is 32.6 Å². The van der Waals surface area contributed by atoms with Crippen LogP contribution in [0.25, 0.3) is 0 Å². The number of esters is 1. The Hall–Kier alpha value is -1.99. The number of thioether (sulfide) groups is 1. The van der Waals surface area contributed by atoms with Crippen LogP contribution in [-0.2, 0) is 20.1 Å². The first-order chi connectivity index (χ1) is 11.9. The predicted molar refractivity (Wildman–Crippen MR) is 97.8 cm³/mol. The van der Waals surface area contributed by atoms with Crippen molar-refractivity contribution >= 4 is 40.9 Å². The standard InChI is InChI=1S/C17H19ClN2O4S/c1-10-15(11(2)24-20-10)8-25-9-16(21)23-12(3)17(22)19-14-6-4-5-13(18)7-14/h4-7,12H,8-9H2,1-3H3,(H,19,22)/t12-/m1/s1. The molecule has 2 rings (SSSR count). The number of rotatable bonds is 7. The van der Waals surface area contributed by atoms with Gasteiger partial charge in [0.25, 0.3) is 5.91 Å². The molecule has 0 aliphatic rings. The maximum atomic E-state index is 12.1. The predicted octanol–water partition coefficient (Wildman–Crippen LogP) is 3.75. The molecule has 0 saturated carbocycles. The first kappa shape index (κ1) is 19.3. The van der Waals surface area contributed by atoms with Crippen molar-refractivity contribution in [3.05, 3.63) is 46.3 Å². The lowest BCUT2D eigenvalue weighted by Gasteiger charge is -2.13. The molecule has 1 aromatic heterocycles. The highest BCUT2D eigenvalue weighted by atomic mass is 35.5. The molecule has 134 valence electrons. The van der Waals surface area contributed by atoms with E-state index in [0.29, 0.717) is 16.5 Å². The van der Waals surface area contributed by atoms with Gasteiger partial charge in [0, 0.05) is 22.0 Å². The summed E-state index contributed by atoms with van der Waals surface area (Å²) in [6.07, 6.45) is -0.897. The number of amides is 1. The third-order valence-electron chi connectivity index (χ3n) is 3.42. The summed E-state index contributed by atoms with van der Waals surface area (Å²) in [7, 11) is 0. The minimum atomic E-state index is -0.897. The number of aromatic nitrogens is 1. The van der Waals surface area contributed by atoms with Crippen molar-refractivity contribution in [2.75, 3.05) is 11.1 Å². The zero-order chi connectivity index (χ0) is 18.4. The van der Waals surface area contributed by atoms with E-state index in [1.165, 1.54) is 18.7 Å². The van der Waals surface area contributed by atoms with Gasteiger partial charge in [-0.05, 0) is 39.0 Å². The Morgan fingerprint density at radius 2 is 2.16 bits per heavy atom. The van der Waals surface area contributed by atoms with E-state index in [2.05, 4.69) is 10.5 Å². The topological polar surface area (TPSA) is 81.4 Å². The monoisotopic (exact) mass is 382 g/mol. The summed E-state index contributed by atoms with van der Waals surface area (Å²) in [4.78, 5) is 23.9. The molecule has 0 spiro atoms. The van der Waals surface area contributed by atoms with E-state index in [9.17, 15) is 9.59 Å². The molecule has 6 nitrogen and oxygen atoms in total. The van der Waals surface area contributed by atoms with Crippen LogP contribution >= 0.6 is 23.4 Å². The normalized spacial score (nSPS) is 11.8. The summed E-state index contributed by atoms with van der Waals surface area (Å²) < 4.78 is 10.2. The summed E-state index contributed by atoms with van der Waals surface area (Å²) in [5.74, 6) is 0.613. The molecule has 0 unspecified atom stereocenters. The van der Waals surface area contributed by atoms with E-state index in [1.54, 1.807) is 24.3 Å². The molecule has 1 amide bonds. The molecule has 1 atom stereocenters. The van der Waals surface area contributed by atoms with Gasteiger partial charge in [-0.3, -0.25) is 9.59 Å². The quantitative estimate of drug-likeness (QED) is 0.734. The lowest BCUT2D eigenvalue weighted by molar-refractivity contribution is -0.150. The van der Waals surface area contributed by atoms with Crippen LogP contribution < -0.4 is 5.32 Å². The molecule has 2 aromatic rings. The van der Waals surface area contributed by atoms with Gasteiger partial charge in [0.1, 0.15) is 5.76 Å². The molecule has 1 N–H and O–H groups in total. The smallest absolute Gasteiger partial charge is 0.316 e. The Bertz CT molecular complexity index is 743. The first-order valence-electron chi connectivity index (χ1n) is 7.62. The number of hydrogen-bond donors (Lipinski definition) is 1. The maximum Gasteiger partial charge on any atom is 0.316 e. The van der Waals surface area contributed by atoms with Crippen molar-refractivity contribution in [3.63, 3.8) is 0 Å². The highest BCUT2D eigenvalue weighted by molar-refractivity contribution is 7.99. The molecule has 0 aliphatic heterocycles. The molecule has 0 radical (unpaired) electrons. The number of hydrogen-bond acceptors (Lipinski definition) is 6. The average molecular weight is 383 g/mol. The number of nitrogens with one attached hydrogen (secondary N) is 1. The van der Waals surface area contributed by atoms with E-state index in [-0.39, 0.29) is 5.75 Å².